The maximum atomic E-state index is 6.02. The van der Waals surface area contributed by atoms with Gasteiger partial charge >= 0.3 is 0 Å². The Bertz CT molecular complexity index is 139. The highest BCUT2D eigenvalue weighted by Crippen LogP contribution is 2.23. The second-order valence-electron chi connectivity index (χ2n) is 3.20. The standard InChI is InChI=1S/C4H14ClNOS2Si2/c1-10(2,5)7-11(3,4)6(8)9/h8-9H,1-4H3. The van der Waals surface area contributed by atoms with Crippen LogP contribution in [0.15, 0.2) is 0 Å². The molecule has 0 radical (unpaired) electrons. The van der Waals surface area contributed by atoms with Crippen molar-refractivity contribution in [2.45, 2.75) is 26.2 Å². The zero-order chi connectivity index (χ0) is 9.28. The summed E-state index contributed by atoms with van der Waals surface area (Å²) in [4.78, 5) is 0. The highest BCUT2D eigenvalue weighted by atomic mass is 35.6. The molecule has 11 heavy (non-hydrogen) atoms. The molecule has 0 saturated carbocycles. The third kappa shape index (κ3) is 5.56. The molecule has 0 spiro atoms. The Kier molecular flexibility index (Phi) is 4.53. The zero-order valence-corrected chi connectivity index (χ0v) is 11.7. The summed E-state index contributed by atoms with van der Waals surface area (Å²) in [6.45, 7) is 7.89. The van der Waals surface area contributed by atoms with Gasteiger partial charge in [0.2, 0.25) is 0 Å². The van der Waals surface area contributed by atoms with E-state index in [1.54, 1.807) is 3.38 Å². The Balaban J connectivity index is 4.13. The van der Waals surface area contributed by atoms with Gasteiger partial charge in [-0.3, -0.25) is 0 Å². The average Bonchev–Trinajstić information content (AvgIpc) is 1.56. The summed E-state index contributed by atoms with van der Waals surface area (Å²) in [5.74, 6) is 0. The SMILES string of the molecule is C[Si](C)(Cl)O[Si](C)(C)N(S)S. The zero-order valence-electron chi connectivity index (χ0n) is 7.13. The van der Waals surface area contributed by atoms with Crippen LogP contribution < -0.4 is 0 Å². The molecule has 0 saturated heterocycles. The normalized spacial score (nSPS) is 14.2. The molecule has 0 aliphatic rings. The first-order valence-electron chi connectivity index (χ1n) is 3.22. The minimum Gasteiger partial charge on any atom is -0.432 e. The van der Waals surface area contributed by atoms with Crippen molar-refractivity contribution >= 4 is 52.8 Å². The number of nitrogens with zero attached hydrogens (tertiary/aromatic N) is 1. The molecule has 2 nitrogen and oxygen atoms in total. The van der Waals surface area contributed by atoms with E-state index in [1.807, 2.05) is 26.2 Å². The molecule has 0 amide bonds. The monoisotopic (exact) mass is 247 g/mol. The predicted octanol–water partition coefficient (Wildman–Crippen LogP) is 2.64. The molecular formula is C4H14ClNOS2Si2. The molecule has 0 aliphatic carbocycles. The van der Waals surface area contributed by atoms with E-state index in [-0.39, 0.29) is 0 Å². The average molecular weight is 248 g/mol. The van der Waals surface area contributed by atoms with Crippen molar-refractivity contribution in [1.29, 1.82) is 0 Å². The Morgan fingerprint density at radius 2 is 1.55 bits per heavy atom. The van der Waals surface area contributed by atoms with Gasteiger partial charge in [0.25, 0.3) is 16.1 Å². The summed E-state index contributed by atoms with van der Waals surface area (Å²) >= 11 is 14.2. The lowest BCUT2D eigenvalue weighted by Crippen LogP contribution is -2.47. The van der Waals surface area contributed by atoms with Gasteiger partial charge in [0.15, 0.2) is 0 Å². The predicted molar refractivity (Wildman–Crippen MR) is 61.7 cm³/mol. The summed E-state index contributed by atoms with van der Waals surface area (Å²) in [5.41, 5.74) is 0. The molecule has 68 valence electrons. The van der Waals surface area contributed by atoms with Crippen molar-refractivity contribution in [1.82, 2.24) is 3.38 Å². The van der Waals surface area contributed by atoms with Crippen LogP contribution in [0, 0.1) is 0 Å². The maximum Gasteiger partial charge on any atom is 0.275 e. The van der Waals surface area contributed by atoms with E-state index in [2.05, 4.69) is 25.6 Å². The van der Waals surface area contributed by atoms with Crippen LogP contribution in [-0.2, 0) is 4.12 Å². The van der Waals surface area contributed by atoms with Gasteiger partial charge in [-0.05, 0) is 26.2 Å². The molecule has 0 heterocycles. The first kappa shape index (κ1) is 12.3. The maximum absolute atomic E-state index is 6.02. The Morgan fingerprint density at radius 3 is 1.64 bits per heavy atom. The second kappa shape index (κ2) is 4.03. The van der Waals surface area contributed by atoms with Gasteiger partial charge in [0.05, 0.1) is 0 Å². The summed E-state index contributed by atoms with van der Waals surface area (Å²) in [6.07, 6.45) is 0. The highest BCUT2D eigenvalue weighted by molar-refractivity contribution is 7.96. The van der Waals surface area contributed by atoms with E-state index in [0.717, 1.165) is 0 Å². The van der Waals surface area contributed by atoms with E-state index in [9.17, 15) is 0 Å². The number of hydrogen-bond acceptors (Lipinski definition) is 4. The van der Waals surface area contributed by atoms with Crippen molar-refractivity contribution in [2.24, 2.45) is 0 Å². The fraction of sp³-hybridized carbons (Fsp3) is 1.00. The quantitative estimate of drug-likeness (QED) is 0.452. The summed E-state index contributed by atoms with van der Waals surface area (Å²) in [6, 6.07) is 0. The molecule has 7 heteroatoms. The van der Waals surface area contributed by atoms with Crippen molar-refractivity contribution in [3.63, 3.8) is 0 Å². The van der Waals surface area contributed by atoms with E-state index < -0.39 is 16.1 Å². The smallest absolute Gasteiger partial charge is 0.275 e. The number of hydrogen-bond donors (Lipinski definition) is 2. The van der Waals surface area contributed by atoms with Crippen LogP contribution in [0.4, 0.5) is 0 Å². The minimum atomic E-state index is -1.96. The summed E-state index contributed by atoms with van der Waals surface area (Å²) in [7, 11) is -3.89. The van der Waals surface area contributed by atoms with Crippen LogP contribution in [0.3, 0.4) is 0 Å². The van der Waals surface area contributed by atoms with E-state index in [0.29, 0.717) is 0 Å². The largest absolute Gasteiger partial charge is 0.432 e. The third-order valence-electron chi connectivity index (χ3n) is 0.974. The van der Waals surface area contributed by atoms with Gasteiger partial charge < -0.3 is 4.12 Å². The van der Waals surface area contributed by atoms with Crippen LogP contribution >= 0.6 is 36.7 Å². The lowest BCUT2D eigenvalue weighted by Gasteiger charge is -2.32. The summed E-state index contributed by atoms with van der Waals surface area (Å²) in [5, 5.41) is 0. The Hall–Kier alpha value is 1.34. The van der Waals surface area contributed by atoms with Crippen molar-refractivity contribution in [2.75, 3.05) is 0 Å². The molecule has 0 aromatic carbocycles. The molecule has 0 aliphatic heterocycles. The number of rotatable bonds is 3. The molecule has 0 rings (SSSR count). The third-order valence-corrected chi connectivity index (χ3v) is 9.46. The molecule has 0 bridgehead atoms. The highest BCUT2D eigenvalue weighted by Gasteiger charge is 2.35. The van der Waals surface area contributed by atoms with Gasteiger partial charge in [-0.2, -0.15) is 3.38 Å². The van der Waals surface area contributed by atoms with Crippen LogP contribution in [0.5, 0.6) is 0 Å². The van der Waals surface area contributed by atoms with Gasteiger partial charge in [-0.25, -0.2) is 0 Å². The van der Waals surface area contributed by atoms with Gasteiger partial charge in [-0.1, -0.05) is 25.6 Å². The molecule has 0 aromatic heterocycles. The second-order valence-corrected chi connectivity index (χ2v) is 14.7. The lowest BCUT2D eigenvalue weighted by atomic mass is 11.9. The molecule has 0 unspecified atom stereocenters. The van der Waals surface area contributed by atoms with Gasteiger partial charge in [-0.15, -0.1) is 11.1 Å². The number of halogens is 1. The minimum absolute atomic E-state index is 1.55. The topological polar surface area (TPSA) is 12.5 Å². The van der Waals surface area contributed by atoms with Crippen LogP contribution in [0.25, 0.3) is 0 Å². The summed E-state index contributed by atoms with van der Waals surface area (Å²) < 4.78 is 7.25. The van der Waals surface area contributed by atoms with Crippen molar-refractivity contribution < 1.29 is 4.12 Å². The fourth-order valence-electron chi connectivity index (χ4n) is 0.635. The first-order chi connectivity index (χ1) is 4.65. The molecule has 0 fully saturated rings. The van der Waals surface area contributed by atoms with Crippen molar-refractivity contribution in [3.05, 3.63) is 0 Å². The number of thiol groups is 2. The Labute approximate surface area is 86.4 Å². The van der Waals surface area contributed by atoms with Crippen molar-refractivity contribution in [3.8, 4) is 0 Å². The Morgan fingerprint density at radius 1 is 1.18 bits per heavy atom. The fourth-order valence-corrected chi connectivity index (χ4v) is 8.15. The molecular weight excluding hydrogens is 234 g/mol. The van der Waals surface area contributed by atoms with E-state index in [1.165, 1.54) is 0 Å². The van der Waals surface area contributed by atoms with Crippen LogP contribution in [0.1, 0.15) is 0 Å². The van der Waals surface area contributed by atoms with Gasteiger partial charge in [0.1, 0.15) is 0 Å². The molecule has 0 N–H and O–H groups in total. The lowest BCUT2D eigenvalue weighted by molar-refractivity contribution is 0.540. The van der Waals surface area contributed by atoms with Gasteiger partial charge in [0, 0.05) is 0 Å². The molecule has 0 aromatic rings. The van der Waals surface area contributed by atoms with Crippen LogP contribution in [-0.4, -0.2) is 19.5 Å². The van der Waals surface area contributed by atoms with Crippen LogP contribution in [0.2, 0.25) is 26.2 Å². The van der Waals surface area contributed by atoms with E-state index in [4.69, 9.17) is 15.2 Å². The first-order valence-corrected chi connectivity index (χ1v) is 10.8. The van der Waals surface area contributed by atoms with E-state index >= 15 is 0 Å². The molecule has 0 atom stereocenters.